The van der Waals surface area contributed by atoms with Crippen LogP contribution in [0.25, 0.3) is 0 Å². The SMILES string of the molecule is CCOP(=O)(OCC)C(OC(=O)C(F)(F)F)(C(F)(F)F)P(=O)(OCC)OCC. The van der Waals surface area contributed by atoms with E-state index >= 15 is 0 Å². The number of esters is 1. The van der Waals surface area contributed by atoms with Crippen LogP contribution in [0.15, 0.2) is 0 Å². The van der Waals surface area contributed by atoms with Gasteiger partial charge in [0.1, 0.15) is 0 Å². The molecule has 0 amide bonds. The molecule has 0 heterocycles. The van der Waals surface area contributed by atoms with E-state index in [4.69, 9.17) is 0 Å². The minimum absolute atomic E-state index is 0.795. The van der Waals surface area contributed by atoms with E-state index in [1.165, 1.54) is 0 Å². The van der Waals surface area contributed by atoms with Crippen molar-refractivity contribution in [3.63, 3.8) is 0 Å². The summed E-state index contributed by atoms with van der Waals surface area (Å²) < 4.78 is 128. The monoisotopic (exact) mass is 468 g/mol. The lowest BCUT2D eigenvalue weighted by Crippen LogP contribution is -2.52. The molecule has 8 nitrogen and oxygen atoms in total. The normalized spacial score (nSPS) is 14.2. The number of halogens is 6. The molecule has 0 aromatic carbocycles. The highest BCUT2D eigenvalue weighted by Crippen LogP contribution is 2.82. The van der Waals surface area contributed by atoms with Crippen LogP contribution in [0, 0.1) is 0 Å². The van der Waals surface area contributed by atoms with Crippen LogP contribution in [-0.4, -0.2) is 49.8 Å². The zero-order valence-electron chi connectivity index (χ0n) is 15.3. The zero-order chi connectivity index (χ0) is 22.4. The van der Waals surface area contributed by atoms with Gasteiger partial charge in [-0.25, -0.2) is 4.79 Å². The molecule has 0 rings (SSSR count). The number of carbonyl (C=O) groups is 1. The Morgan fingerprint density at radius 1 is 0.714 bits per heavy atom. The first kappa shape index (κ1) is 27.4. The highest BCUT2D eigenvalue weighted by Gasteiger charge is 2.84. The number of carbonyl (C=O) groups excluding carboxylic acids is 1. The van der Waals surface area contributed by atoms with Crippen LogP contribution in [0.3, 0.4) is 0 Å². The molecule has 0 radical (unpaired) electrons. The average Bonchev–Trinajstić information content (AvgIpc) is 2.50. The summed E-state index contributed by atoms with van der Waals surface area (Å²) in [5.41, 5.74) is 0. The van der Waals surface area contributed by atoms with Gasteiger partial charge in [0.25, 0.3) is 0 Å². The third kappa shape index (κ3) is 5.28. The Bertz CT molecular complexity index is 570. The first-order valence-electron chi connectivity index (χ1n) is 7.77. The van der Waals surface area contributed by atoms with Crippen molar-refractivity contribution in [2.24, 2.45) is 0 Å². The quantitative estimate of drug-likeness (QED) is 0.242. The van der Waals surface area contributed by atoms with Crippen LogP contribution < -0.4 is 0 Å². The molecule has 0 fully saturated rings. The number of ether oxygens (including phenoxy) is 1. The lowest BCUT2D eigenvalue weighted by molar-refractivity contribution is -0.246. The molecule has 0 spiro atoms. The largest absolute Gasteiger partial charge is 0.490 e. The van der Waals surface area contributed by atoms with Gasteiger partial charge in [0.15, 0.2) is 0 Å². The van der Waals surface area contributed by atoms with Gasteiger partial charge in [-0.3, -0.25) is 9.13 Å². The van der Waals surface area contributed by atoms with Gasteiger partial charge in [0.2, 0.25) is 0 Å². The van der Waals surface area contributed by atoms with Crippen molar-refractivity contribution in [3.8, 4) is 0 Å². The predicted octanol–water partition coefficient (Wildman–Crippen LogP) is 4.84. The van der Waals surface area contributed by atoms with Gasteiger partial charge in [-0.05, 0) is 27.7 Å². The second kappa shape index (κ2) is 9.90. The summed E-state index contributed by atoms with van der Waals surface area (Å²) in [7, 11) is -11.9. The van der Waals surface area contributed by atoms with Crippen molar-refractivity contribution in [2.75, 3.05) is 26.4 Å². The molecule has 0 aromatic rings. The highest BCUT2D eigenvalue weighted by molar-refractivity contribution is 7.74. The Morgan fingerprint density at radius 3 is 1.18 bits per heavy atom. The van der Waals surface area contributed by atoms with Crippen LogP contribution in [0.5, 0.6) is 0 Å². The first-order chi connectivity index (χ1) is 12.6. The lowest BCUT2D eigenvalue weighted by atomic mass is 10.6. The van der Waals surface area contributed by atoms with E-state index in [0.29, 0.717) is 0 Å². The molecule has 0 unspecified atom stereocenters. The maximum atomic E-state index is 14.1. The molecule has 0 saturated carbocycles. The van der Waals surface area contributed by atoms with Gasteiger partial charge in [-0.15, -0.1) is 0 Å². The Labute approximate surface area is 156 Å². The fourth-order valence-corrected chi connectivity index (χ4v) is 7.03. The molecule has 0 aromatic heterocycles. The summed E-state index contributed by atoms with van der Waals surface area (Å²) in [6, 6.07) is 0. The Balaban J connectivity index is 7.20. The molecule has 168 valence electrons. The number of hydrogen-bond acceptors (Lipinski definition) is 8. The summed E-state index contributed by atoms with van der Waals surface area (Å²) in [5.74, 6) is -3.44. The minimum Gasteiger partial charge on any atom is -0.419 e. The smallest absolute Gasteiger partial charge is 0.419 e. The molecule has 0 aliphatic heterocycles. The van der Waals surface area contributed by atoms with Gasteiger partial charge >= 0.3 is 38.6 Å². The number of alkyl halides is 6. The van der Waals surface area contributed by atoms with Crippen molar-refractivity contribution in [1.82, 2.24) is 0 Å². The van der Waals surface area contributed by atoms with Crippen LogP contribution >= 0.6 is 15.2 Å². The third-order valence-corrected chi connectivity index (χ3v) is 8.81. The maximum absolute atomic E-state index is 14.1. The van der Waals surface area contributed by atoms with Crippen molar-refractivity contribution in [2.45, 2.75) is 45.1 Å². The zero-order valence-corrected chi connectivity index (χ0v) is 17.0. The van der Waals surface area contributed by atoms with Crippen LogP contribution in [0.2, 0.25) is 0 Å². The first-order valence-corrected chi connectivity index (χ1v) is 10.9. The van der Waals surface area contributed by atoms with Gasteiger partial charge in [-0.1, -0.05) is 0 Å². The van der Waals surface area contributed by atoms with Crippen molar-refractivity contribution < 1.29 is 63.1 Å². The molecule has 0 bridgehead atoms. The van der Waals surface area contributed by atoms with Gasteiger partial charge in [0.05, 0.1) is 26.4 Å². The second-order valence-corrected chi connectivity index (χ2v) is 9.29. The lowest BCUT2D eigenvalue weighted by Gasteiger charge is -2.41. The van der Waals surface area contributed by atoms with Crippen LogP contribution in [0.1, 0.15) is 27.7 Å². The van der Waals surface area contributed by atoms with Crippen molar-refractivity contribution in [1.29, 1.82) is 0 Å². The summed E-state index contributed by atoms with van der Waals surface area (Å²) in [6.07, 6.45) is -12.2. The molecule has 0 aliphatic carbocycles. The van der Waals surface area contributed by atoms with Gasteiger partial charge in [0, 0.05) is 0 Å². The van der Waals surface area contributed by atoms with Crippen molar-refractivity contribution in [3.05, 3.63) is 0 Å². The summed E-state index contributed by atoms with van der Waals surface area (Å²) in [6.45, 7) is 0.951. The molecule has 0 N–H and O–H groups in total. The number of hydrogen-bond donors (Lipinski definition) is 0. The molecule has 28 heavy (non-hydrogen) atoms. The molecule has 0 aliphatic rings. The Kier molecular flexibility index (Phi) is 9.67. The van der Waals surface area contributed by atoms with Crippen LogP contribution in [-0.2, 0) is 36.8 Å². The minimum atomic E-state index is -6.19. The van der Waals surface area contributed by atoms with Crippen molar-refractivity contribution >= 4 is 21.2 Å². The molecular formula is C12H20F6O8P2. The fraction of sp³-hybridized carbons (Fsp3) is 0.917. The topological polar surface area (TPSA) is 97.4 Å². The highest BCUT2D eigenvalue weighted by atomic mass is 31.2. The van der Waals surface area contributed by atoms with E-state index in [1.807, 2.05) is 0 Å². The second-order valence-electron chi connectivity index (χ2n) is 4.66. The van der Waals surface area contributed by atoms with E-state index in [9.17, 15) is 40.3 Å². The van der Waals surface area contributed by atoms with Gasteiger partial charge < -0.3 is 22.8 Å². The summed E-state index contributed by atoms with van der Waals surface area (Å²) >= 11 is 0. The summed E-state index contributed by atoms with van der Waals surface area (Å²) in [5, 5.41) is -5.02. The number of rotatable bonds is 11. The van der Waals surface area contributed by atoms with Crippen LogP contribution in [0.4, 0.5) is 26.3 Å². The van der Waals surface area contributed by atoms with Gasteiger partial charge in [-0.2, -0.15) is 26.3 Å². The van der Waals surface area contributed by atoms with E-state index in [-0.39, 0.29) is 0 Å². The fourth-order valence-electron chi connectivity index (χ4n) is 1.92. The van der Waals surface area contributed by atoms with E-state index in [0.717, 1.165) is 27.7 Å². The van der Waals surface area contributed by atoms with E-state index in [2.05, 4.69) is 22.8 Å². The molecule has 0 saturated heterocycles. The molecule has 16 heteroatoms. The molecule has 0 atom stereocenters. The molecular weight excluding hydrogens is 448 g/mol. The summed E-state index contributed by atoms with van der Waals surface area (Å²) in [4.78, 5) is 11.3. The van der Waals surface area contributed by atoms with E-state index in [1.54, 1.807) is 0 Å². The predicted molar refractivity (Wildman–Crippen MR) is 82.7 cm³/mol. The Hall–Kier alpha value is -0.650. The average molecular weight is 468 g/mol. The van der Waals surface area contributed by atoms with E-state index < -0.39 is 65.0 Å². The maximum Gasteiger partial charge on any atom is 0.490 e. The Morgan fingerprint density at radius 2 is 1.00 bits per heavy atom. The standard InChI is InChI=1S/C12H20F6O8P2/c1-5-22-27(20,23-6-2)12(11(16,17)18,26-9(19)10(13,14)15)28(21,24-7-3)25-8-4/h5-8H2,1-4H3. The third-order valence-electron chi connectivity index (χ3n) is 2.77.